The molecule has 0 aliphatic carbocycles. The molecule has 2 heteroatoms. The van der Waals surface area contributed by atoms with E-state index >= 15 is 0 Å². The maximum atomic E-state index is 5.37. The zero-order valence-corrected chi connectivity index (χ0v) is 6.86. The summed E-state index contributed by atoms with van der Waals surface area (Å²) < 4.78 is 0. The third kappa shape index (κ3) is 1.95. The lowest BCUT2D eigenvalue weighted by Crippen LogP contribution is -2.50. The van der Waals surface area contributed by atoms with Crippen molar-refractivity contribution in [3.05, 3.63) is 0 Å². The van der Waals surface area contributed by atoms with Gasteiger partial charge in [0.15, 0.2) is 0 Å². The lowest BCUT2D eigenvalue weighted by Gasteiger charge is -2.31. The molecule has 1 unspecified atom stereocenters. The molecule has 0 saturated carbocycles. The van der Waals surface area contributed by atoms with Crippen LogP contribution in [-0.4, -0.2) is 5.54 Å². The van der Waals surface area contributed by atoms with Gasteiger partial charge in [-0.05, 0) is 19.3 Å². The predicted octanol–water partition coefficient (Wildman–Crippen LogP) is 1.27. The molecular weight excluding hydrogens is 112 g/mol. The first kappa shape index (κ1) is 8.92. The van der Waals surface area contributed by atoms with E-state index in [4.69, 9.17) is 5.84 Å². The van der Waals surface area contributed by atoms with Gasteiger partial charge in [0, 0.05) is 5.54 Å². The first-order valence-electron chi connectivity index (χ1n) is 3.54. The van der Waals surface area contributed by atoms with Crippen molar-refractivity contribution >= 4 is 0 Å². The molecule has 1 atom stereocenters. The highest BCUT2D eigenvalue weighted by molar-refractivity contribution is 4.81. The van der Waals surface area contributed by atoms with E-state index in [-0.39, 0.29) is 5.54 Å². The highest BCUT2D eigenvalue weighted by Gasteiger charge is 2.23. The highest BCUT2D eigenvalue weighted by atomic mass is 15.3. The maximum absolute atomic E-state index is 5.37. The molecule has 0 amide bonds. The van der Waals surface area contributed by atoms with Crippen LogP contribution in [0.3, 0.4) is 0 Å². The number of hydrogen-bond donors (Lipinski definition) is 2. The topological polar surface area (TPSA) is 38.0 Å². The van der Waals surface area contributed by atoms with Crippen LogP contribution >= 0.6 is 0 Å². The summed E-state index contributed by atoms with van der Waals surface area (Å²) in [6.45, 7) is 8.62. The largest absolute Gasteiger partial charge is 0.271 e. The third-order valence-corrected chi connectivity index (χ3v) is 2.34. The van der Waals surface area contributed by atoms with Crippen molar-refractivity contribution in [1.82, 2.24) is 5.43 Å². The number of hydrogen-bond acceptors (Lipinski definition) is 2. The van der Waals surface area contributed by atoms with Gasteiger partial charge >= 0.3 is 0 Å². The molecule has 9 heavy (non-hydrogen) atoms. The van der Waals surface area contributed by atoms with Gasteiger partial charge in [-0.2, -0.15) is 0 Å². The van der Waals surface area contributed by atoms with Crippen LogP contribution in [-0.2, 0) is 0 Å². The average molecular weight is 130 g/mol. The number of nitrogens with one attached hydrogen (secondary N) is 1. The van der Waals surface area contributed by atoms with Crippen molar-refractivity contribution in [2.75, 3.05) is 0 Å². The summed E-state index contributed by atoms with van der Waals surface area (Å²) in [7, 11) is 0. The summed E-state index contributed by atoms with van der Waals surface area (Å²) in [4.78, 5) is 0. The Kier molecular flexibility index (Phi) is 3.15. The Balaban J connectivity index is 3.92. The van der Waals surface area contributed by atoms with E-state index in [9.17, 15) is 0 Å². The molecule has 0 spiro atoms. The minimum absolute atomic E-state index is 0.111. The molecule has 0 heterocycles. The highest BCUT2D eigenvalue weighted by Crippen LogP contribution is 2.18. The zero-order valence-electron chi connectivity index (χ0n) is 6.86. The molecule has 3 N–H and O–H groups in total. The first-order chi connectivity index (χ1) is 4.06. The van der Waals surface area contributed by atoms with Gasteiger partial charge < -0.3 is 0 Å². The van der Waals surface area contributed by atoms with E-state index in [1.165, 1.54) is 0 Å². The van der Waals surface area contributed by atoms with Crippen molar-refractivity contribution in [1.29, 1.82) is 0 Å². The molecule has 2 nitrogen and oxygen atoms in total. The summed E-state index contributed by atoms with van der Waals surface area (Å²) in [5.41, 5.74) is 2.94. The molecule has 0 aromatic heterocycles. The summed E-state index contributed by atoms with van der Waals surface area (Å²) in [6.07, 6.45) is 1.07. The van der Waals surface area contributed by atoms with Gasteiger partial charge in [0.05, 0.1) is 0 Å². The quantitative estimate of drug-likeness (QED) is 0.446. The fourth-order valence-corrected chi connectivity index (χ4v) is 0.677. The Labute approximate surface area is 57.8 Å². The predicted molar refractivity (Wildman–Crippen MR) is 40.9 cm³/mol. The molecule has 0 bridgehead atoms. The normalized spacial score (nSPS) is 18.0. The van der Waals surface area contributed by atoms with Gasteiger partial charge in [-0.25, -0.2) is 0 Å². The van der Waals surface area contributed by atoms with Gasteiger partial charge in [-0.1, -0.05) is 20.8 Å². The van der Waals surface area contributed by atoms with Crippen LogP contribution in [0, 0.1) is 5.92 Å². The molecule has 0 aliphatic rings. The monoisotopic (exact) mass is 130 g/mol. The fourth-order valence-electron chi connectivity index (χ4n) is 0.677. The molecule has 56 valence electrons. The van der Waals surface area contributed by atoms with Crippen LogP contribution in [0.15, 0.2) is 0 Å². The Morgan fingerprint density at radius 3 is 2.00 bits per heavy atom. The Hall–Kier alpha value is -0.0800. The van der Waals surface area contributed by atoms with Crippen molar-refractivity contribution in [3.63, 3.8) is 0 Å². The Bertz CT molecular complexity index is 75.0. The minimum Gasteiger partial charge on any atom is -0.271 e. The van der Waals surface area contributed by atoms with Crippen LogP contribution in [0.2, 0.25) is 0 Å². The van der Waals surface area contributed by atoms with Crippen LogP contribution in [0.4, 0.5) is 0 Å². The first-order valence-corrected chi connectivity index (χ1v) is 3.54. The summed E-state index contributed by atoms with van der Waals surface area (Å²) >= 11 is 0. The SMILES string of the molecule is CCC(C)(NN)C(C)C. The smallest absolute Gasteiger partial charge is 0.0313 e. The van der Waals surface area contributed by atoms with Crippen LogP contribution in [0.25, 0.3) is 0 Å². The van der Waals surface area contributed by atoms with Crippen LogP contribution in [0.5, 0.6) is 0 Å². The summed E-state index contributed by atoms with van der Waals surface area (Å²) in [6, 6.07) is 0. The average Bonchev–Trinajstić information content (AvgIpc) is 1.86. The fraction of sp³-hybridized carbons (Fsp3) is 1.00. The van der Waals surface area contributed by atoms with Crippen LogP contribution in [0.1, 0.15) is 34.1 Å². The minimum atomic E-state index is 0.111. The number of hydrazine groups is 1. The lowest BCUT2D eigenvalue weighted by molar-refractivity contribution is 0.255. The molecular formula is C7H18N2. The van der Waals surface area contributed by atoms with Gasteiger partial charge in [-0.15, -0.1) is 0 Å². The van der Waals surface area contributed by atoms with Crippen LogP contribution < -0.4 is 11.3 Å². The zero-order chi connectivity index (χ0) is 7.49. The van der Waals surface area contributed by atoms with Gasteiger partial charge in [0.25, 0.3) is 0 Å². The van der Waals surface area contributed by atoms with Gasteiger partial charge in [-0.3, -0.25) is 11.3 Å². The summed E-state index contributed by atoms with van der Waals surface area (Å²) in [5.74, 6) is 5.96. The van der Waals surface area contributed by atoms with E-state index < -0.39 is 0 Å². The number of nitrogens with two attached hydrogens (primary N) is 1. The molecule has 0 radical (unpaired) electrons. The molecule has 0 aromatic carbocycles. The second-order valence-corrected chi connectivity index (χ2v) is 3.07. The molecule has 0 fully saturated rings. The van der Waals surface area contributed by atoms with Gasteiger partial charge in [0.1, 0.15) is 0 Å². The lowest BCUT2D eigenvalue weighted by atomic mass is 9.87. The van der Waals surface area contributed by atoms with E-state index in [1.54, 1.807) is 0 Å². The van der Waals surface area contributed by atoms with Crippen molar-refractivity contribution < 1.29 is 0 Å². The Morgan fingerprint density at radius 1 is 1.56 bits per heavy atom. The second kappa shape index (κ2) is 3.18. The third-order valence-electron chi connectivity index (χ3n) is 2.34. The molecule has 0 rings (SSSR count). The maximum Gasteiger partial charge on any atom is 0.0313 e. The molecule has 0 aromatic rings. The number of rotatable bonds is 3. The van der Waals surface area contributed by atoms with Crippen molar-refractivity contribution in [3.8, 4) is 0 Å². The second-order valence-electron chi connectivity index (χ2n) is 3.07. The molecule has 0 aliphatic heterocycles. The van der Waals surface area contributed by atoms with E-state index in [1.807, 2.05) is 0 Å². The van der Waals surface area contributed by atoms with Crippen molar-refractivity contribution in [2.45, 2.75) is 39.7 Å². The molecule has 0 saturated heterocycles. The van der Waals surface area contributed by atoms with Gasteiger partial charge in [0.2, 0.25) is 0 Å². The van der Waals surface area contributed by atoms with Crippen molar-refractivity contribution in [2.24, 2.45) is 11.8 Å². The van der Waals surface area contributed by atoms with E-state index in [0.29, 0.717) is 5.92 Å². The summed E-state index contributed by atoms with van der Waals surface area (Å²) in [5, 5.41) is 0. The van der Waals surface area contributed by atoms with E-state index in [0.717, 1.165) is 6.42 Å². The standard InChI is InChI=1S/C7H18N2/c1-5-7(4,9-8)6(2)3/h6,9H,5,8H2,1-4H3. The Morgan fingerprint density at radius 2 is 2.00 bits per heavy atom. The van der Waals surface area contributed by atoms with E-state index in [2.05, 4.69) is 33.1 Å².